The van der Waals surface area contributed by atoms with Crippen molar-refractivity contribution in [3.8, 4) is 11.8 Å². The van der Waals surface area contributed by atoms with Crippen molar-refractivity contribution in [2.45, 2.75) is 111 Å². The highest BCUT2D eigenvalue weighted by atomic mass is 32.2. The number of aromatic nitrogens is 1. The molecule has 1 aliphatic heterocycles. The zero-order valence-corrected chi connectivity index (χ0v) is 28.5. The van der Waals surface area contributed by atoms with E-state index in [1.54, 1.807) is 23.5 Å². The largest absolute Gasteiger partial charge is 0.497 e. The van der Waals surface area contributed by atoms with E-state index in [-0.39, 0.29) is 17.0 Å². The third kappa shape index (κ3) is 9.70. The van der Waals surface area contributed by atoms with Gasteiger partial charge in [0.15, 0.2) is 0 Å². The maximum Gasteiger partial charge on any atom is 0.270 e. The molecule has 1 amide bonds. The Morgan fingerprint density at radius 2 is 1.55 bits per heavy atom. The zero-order chi connectivity index (χ0) is 31.9. The summed E-state index contributed by atoms with van der Waals surface area (Å²) in [5, 5.41) is 13.4. The molecule has 1 aromatic heterocycles. The number of ether oxygens (including phenoxy) is 1. The first-order valence-corrected chi connectivity index (χ1v) is 17.4. The first-order valence-electron chi connectivity index (χ1n) is 16.2. The van der Waals surface area contributed by atoms with Crippen LogP contribution in [0.3, 0.4) is 0 Å². The molecule has 1 aromatic carbocycles. The maximum atomic E-state index is 13.5. The fraction of sp³-hybridized carbons (Fsp3) is 0.543. The molecule has 238 valence electrons. The molecule has 1 aliphatic rings. The Morgan fingerprint density at radius 3 is 2.14 bits per heavy atom. The minimum absolute atomic E-state index is 0.100. The smallest absolute Gasteiger partial charge is 0.270 e. The number of carbonyl (C=O) groups is 1. The maximum absolute atomic E-state index is 13.5. The third-order valence-corrected chi connectivity index (χ3v) is 9.49. The van der Waals surface area contributed by atoms with Gasteiger partial charge < -0.3 is 10.1 Å². The lowest BCUT2D eigenvalue weighted by Crippen LogP contribution is -2.29. The number of thiocarbonyl (C=S) groups is 1. The Morgan fingerprint density at radius 1 is 0.932 bits per heavy atom. The van der Waals surface area contributed by atoms with Gasteiger partial charge >= 0.3 is 0 Å². The monoisotopic (exact) mass is 636 g/mol. The van der Waals surface area contributed by atoms with Crippen LogP contribution in [-0.4, -0.2) is 33.3 Å². The highest BCUT2D eigenvalue weighted by Crippen LogP contribution is 2.35. The van der Waals surface area contributed by atoms with E-state index in [0.29, 0.717) is 45.8 Å². The van der Waals surface area contributed by atoms with Crippen LogP contribution in [0.25, 0.3) is 6.08 Å². The Labute approximate surface area is 273 Å². The number of thioether (sulfide) groups is 1. The third-order valence-electron chi connectivity index (χ3n) is 8.11. The fourth-order valence-electron chi connectivity index (χ4n) is 5.39. The van der Waals surface area contributed by atoms with Crippen molar-refractivity contribution in [1.29, 1.82) is 5.26 Å². The molecule has 0 unspecified atom stereocenters. The number of unbranched alkanes of at least 4 members (excludes halogenated alkanes) is 10. The molecule has 1 N–H and O–H groups in total. The number of pyridine rings is 1. The molecule has 3 rings (SSSR count). The lowest BCUT2D eigenvalue weighted by Gasteiger charge is -2.20. The van der Waals surface area contributed by atoms with Crippen LogP contribution in [0.2, 0.25) is 0 Å². The summed E-state index contributed by atoms with van der Waals surface area (Å²) in [4.78, 5) is 29.2. The van der Waals surface area contributed by atoms with Crippen molar-refractivity contribution in [3.63, 3.8) is 0 Å². The number of anilines is 1. The summed E-state index contributed by atoms with van der Waals surface area (Å²) in [6.45, 7) is 7.62. The van der Waals surface area contributed by atoms with Gasteiger partial charge in [0.25, 0.3) is 11.5 Å². The van der Waals surface area contributed by atoms with Gasteiger partial charge in [0.05, 0.1) is 12.0 Å². The number of carbonyl (C=O) groups excluding carboxylic acids is 1. The van der Waals surface area contributed by atoms with Crippen molar-refractivity contribution in [2.75, 3.05) is 19.0 Å². The standard InChI is InChI=1S/C35H48N4O3S2/c1-5-7-9-10-11-12-13-14-15-16-22-39-34(41)31(44-35(39)43)23-29-26(3)30(24-36)33(40)38(21-8-6-2)32(29)37-25-27-17-19-28(42-4)20-18-27/h17-20,23,37H,5-16,21-22,25H2,1-4H3/b31-23+. The van der Waals surface area contributed by atoms with E-state index >= 15 is 0 Å². The summed E-state index contributed by atoms with van der Waals surface area (Å²) in [6, 6.07) is 9.84. The number of benzene rings is 1. The molecule has 9 heteroatoms. The predicted octanol–water partition coefficient (Wildman–Crippen LogP) is 8.57. The lowest BCUT2D eigenvalue weighted by molar-refractivity contribution is -0.122. The Hall–Kier alpha value is -3.09. The summed E-state index contributed by atoms with van der Waals surface area (Å²) in [7, 11) is 1.63. The van der Waals surface area contributed by atoms with Gasteiger partial charge in [-0.1, -0.05) is 114 Å². The summed E-state index contributed by atoms with van der Waals surface area (Å²) in [5.41, 5.74) is 2.02. The molecule has 0 spiro atoms. The summed E-state index contributed by atoms with van der Waals surface area (Å²) in [6.07, 6.45) is 15.8. The van der Waals surface area contributed by atoms with E-state index in [9.17, 15) is 14.9 Å². The molecule has 7 nitrogen and oxygen atoms in total. The number of nitrogens with zero attached hydrogens (tertiary/aromatic N) is 3. The van der Waals surface area contributed by atoms with Gasteiger partial charge in [0.2, 0.25) is 0 Å². The van der Waals surface area contributed by atoms with Crippen LogP contribution in [0, 0.1) is 18.3 Å². The molecule has 0 aliphatic carbocycles. The van der Waals surface area contributed by atoms with Crippen LogP contribution < -0.4 is 15.6 Å². The summed E-state index contributed by atoms with van der Waals surface area (Å²) in [5.74, 6) is 1.26. The molecule has 1 fully saturated rings. The molecule has 2 aromatic rings. The van der Waals surface area contributed by atoms with E-state index in [0.717, 1.165) is 37.0 Å². The van der Waals surface area contributed by atoms with Crippen molar-refractivity contribution in [1.82, 2.24) is 9.47 Å². The van der Waals surface area contributed by atoms with E-state index in [1.807, 2.05) is 30.3 Å². The predicted molar refractivity (Wildman–Crippen MR) is 187 cm³/mol. The van der Waals surface area contributed by atoms with E-state index in [4.69, 9.17) is 17.0 Å². The first-order chi connectivity index (χ1) is 21.4. The quantitative estimate of drug-likeness (QED) is 0.0939. The highest BCUT2D eigenvalue weighted by molar-refractivity contribution is 8.26. The minimum atomic E-state index is -0.318. The molecule has 0 bridgehead atoms. The van der Waals surface area contributed by atoms with E-state index < -0.39 is 0 Å². The van der Waals surface area contributed by atoms with Crippen LogP contribution in [0.15, 0.2) is 34.0 Å². The molecular formula is C35H48N4O3S2. The topological polar surface area (TPSA) is 87.4 Å². The zero-order valence-electron chi connectivity index (χ0n) is 26.9. The van der Waals surface area contributed by atoms with Gasteiger partial charge in [-0.3, -0.25) is 19.1 Å². The van der Waals surface area contributed by atoms with Gasteiger partial charge in [-0.05, 0) is 49.1 Å². The van der Waals surface area contributed by atoms with Gasteiger partial charge in [-0.15, -0.1) is 0 Å². The van der Waals surface area contributed by atoms with Crippen LogP contribution in [0.5, 0.6) is 5.75 Å². The number of amides is 1. The molecule has 1 saturated heterocycles. The van der Waals surface area contributed by atoms with Crippen molar-refractivity contribution in [3.05, 3.63) is 61.8 Å². The molecule has 0 radical (unpaired) electrons. The minimum Gasteiger partial charge on any atom is -0.497 e. The average Bonchev–Trinajstić information content (AvgIpc) is 3.29. The highest BCUT2D eigenvalue weighted by Gasteiger charge is 2.32. The van der Waals surface area contributed by atoms with Crippen molar-refractivity contribution in [2.24, 2.45) is 0 Å². The van der Waals surface area contributed by atoms with Gasteiger partial charge in [-0.2, -0.15) is 5.26 Å². The van der Waals surface area contributed by atoms with Gasteiger partial charge in [-0.25, -0.2) is 0 Å². The van der Waals surface area contributed by atoms with Crippen molar-refractivity contribution >= 4 is 46.1 Å². The number of nitriles is 1. The van der Waals surface area contributed by atoms with Crippen LogP contribution in [0.1, 0.15) is 113 Å². The van der Waals surface area contributed by atoms with Crippen LogP contribution >= 0.6 is 24.0 Å². The van der Waals surface area contributed by atoms with Gasteiger partial charge in [0, 0.05) is 25.2 Å². The molecule has 2 heterocycles. The normalized spacial score (nSPS) is 14.0. The Bertz CT molecular complexity index is 1390. The molecule has 44 heavy (non-hydrogen) atoms. The second kappa shape index (κ2) is 18.7. The number of nitrogens with one attached hydrogen (secondary N) is 1. The second-order valence-electron chi connectivity index (χ2n) is 11.4. The Kier molecular flexibility index (Phi) is 15.0. The van der Waals surface area contributed by atoms with E-state index in [2.05, 4.69) is 25.2 Å². The number of rotatable bonds is 19. The van der Waals surface area contributed by atoms with E-state index in [1.165, 1.54) is 63.1 Å². The van der Waals surface area contributed by atoms with Crippen LogP contribution in [0.4, 0.5) is 5.82 Å². The molecular weight excluding hydrogens is 589 g/mol. The number of methoxy groups -OCH3 is 1. The summed E-state index contributed by atoms with van der Waals surface area (Å²) < 4.78 is 7.49. The second-order valence-corrected chi connectivity index (χ2v) is 13.1. The Balaban J connectivity index is 1.79. The number of hydrogen-bond donors (Lipinski definition) is 1. The van der Waals surface area contributed by atoms with Gasteiger partial charge in [0.1, 0.15) is 27.5 Å². The first kappa shape index (κ1) is 35.4. The average molecular weight is 637 g/mol. The fourth-order valence-corrected chi connectivity index (χ4v) is 6.68. The molecule has 0 atom stereocenters. The summed E-state index contributed by atoms with van der Waals surface area (Å²) >= 11 is 6.92. The number of hydrogen-bond acceptors (Lipinski definition) is 7. The molecule has 0 saturated carbocycles. The van der Waals surface area contributed by atoms with Crippen LogP contribution in [-0.2, 0) is 17.9 Å². The lowest BCUT2D eigenvalue weighted by atomic mass is 10.0. The van der Waals surface area contributed by atoms with Crippen molar-refractivity contribution < 1.29 is 9.53 Å². The SMILES string of the molecule is CCCCCCCCCCCCN1C(=O)/C(=C\c2c(C)c(C#N)c(=O)n(CCCC)c2NCc2ccc(OC)cc2)SC1=S.